The Labute approximate surface area is 200 Å². The van der Waals surface area contributed by atoms with Crippen LogP contribution in [-0.2, 0) is 6.54 Å². The number of nitrogens with zero attached hydrogens (tertiary/aromatic N) is 5. The van der Waals surface area contributed by atoms with E-state index in [1.165, 1.54) is 19.3 Å². The first-order valence-electron chi connectivity index (χ1n) is 11.2. The van der Waals surface area contributed by atoms with Crippen LogP contribution in [0.4, 0.5) is 0 Å². The van der Waals surface area contributed by atoms with E-state index in [0.29, 0.717) is 38.8 Å². The lowest BCUT2D eigenvalue weighted by atomic mass is 10.1. The van der Waals surface area contributed by atoms with Crippen molar-refractivity contribution in [3.63, 3.8) is 0 Å². The Kier molecular flexibility index (Phi) is 6.04. The van der Waals surface area contributed by atoms with Crippen LogP contribution in [0.5, 0.6) is 0 Å². The smallest absolute Gasteiger partial charge is 0.265 e. The highest BCUT2D eigenvalue weighted by Gasteiger charge is 2.21. The van der Waals surface area contributed by atoms with Crippen molar-refractivity contribution in [1.29, 1.82) is 0 Å². The van der Waals surface area contributed by atoms with Crippen molar-refractivity contribution in [3.05, 3.63) is 69.2 Å². The zero-order valence-electron chi connectivity index (χ0n) is 18.3. The van der Waals surface area contributed by atoms with Gasteiger partial charge >= 0.3 is 0 Å². The second kappa shape index (κ2) is 9.12. The topological polar surface area (TPSA) is 65.6 Å². The van der Waals surface area contributed by atoms with Gasteiger partial charge in [0.1, 0.15) is 10.9 Å². The van der Waals surface area contributed by atoms with Crippen molar-refractivity contribution in [3.8, 4) is 5.69 Å². The number of fused-ring (bicyclic) bond motifs is 4. The average molecular weight is 480 g/mol. The molecule has 0 unspecified atom stereocenters. The highest BCUT2D eigenvalue weighted by molar-refractivity contribution is 6.42. The van der Waals surface area contributed by atoms with E-state index in [-0.39, 0.29) is 5.56 Å². The lowest BCUT2D eigenvalue weighted by Crippen LogP contribution is -2.20. The number of hydrogen-bond acceptors (Lipinski definition) is 4. The fourth-order valence-corrected chi connectivity index (χ4v) is 4.48. The van der Waals surface area contributed by atoms with Gasteiger partial charge in [-0.2, -0.15) is 0 Å². The Morgan fingerprint density at radius 1 is 0.879 bits per heavy atom. The Hall–Kier alpha value is -2.96. The summed E-state index contributed by atoms with van der Waals surface area (Å²) in [6.07, 6.45) is 7.23. The van der Waals surface area contributed by atoms with Gasteiger partial charge in [-0.05, 0) is 36.8 Å². The average Bonchev–Trinajstić information content (AvgIpc) is 3.14. The maximum Gasteiger partial charge on any atom is 0.265 e. The number of para-hydroxylation sites is 2. The fourth-order valence-electron chi connectivity index (χ4n) is 4.19. The molecule has 5 rings (SSSR count). The number of benzene rings is 2. The first-order valence-corrected chi connectivity index (χ1v) is 12.0. The van der Waals surface area contributed by atoms with Crippen LogP contribution in [0.3, 0.4) is 0 Å². The number of halogens is 2. The molecule has 0 atom stereocenters. The molecular formula is C25H23Cl2N5O. The summed E-state index contributed by atoms with van der Waals surface area (Å²) in [4.78, 5) is 27.9. The zero-order valence-corrected chi connectivity index (χ0v) is 19.8. The van der Waals surface area contributed by atoms with Crippen LogP contribution >= 0.6 is 23.2 Å². The predicted octanol–water partition coefficient (Wildman–Crippen LogP) is 6.56. The van der Waals surface area contributed by atoms with Gasteiger partial charge in [0.05, 0.1) is 33.1 Å². The summed E-state index contributed by atoms with van der Waals surface area (Å²) in [6.45, 7) is 2.82. The monoisotopic (exact) mass is 479 g/mol. The first-order chi connectivity index (χ1) is 16.1. The molecule has 33 heavy (non-hydrogen) atoms. The summed E-state index contributed by atoms with van der Waals surface area (Å²) in [6, 6.07) is 12.9. The molecule has 0 aliphatic rings. The summed E-state index contributed by atoms with van der Waals surface area (Å²) in [5, 5.41) is 1.33. The summed E-state index contributed by atoms with van der Waals surface area (Å²) in [5.74, 6) is 0. The fraction of sp³-hybridized carbons (Fsp3) is 0.280. The molecule has 0 saturated heterocycles. The van der Waals surface area contributed by atoms with Crippen LogP contribution in [0, 0.1) is 0 Å². The third kappa shape index (κ3) is 3.98. The molecule has 5 aromatic rings. The Bertz CT molecular complexity index is 1540. The van der Waals surface area contributed by atoms with Crippen molar-refractivity contribution in [2.75, 3.05) is 0 Å². The van der Waals surface area contributed by atoms with Gasteiger partial charge in [-0.1, -0.05) is 67.9 Å². The van der Waals surface area contributed by atoms with E-state index in [1.807, 2.05) is 34.9 Å². The predicted molar refractivity (Wildman–Crippen MR) is 135 cm³/mol. The lowest BCUT2D eigenvalue weighted by Gasteiger charge is -2.09. The number of unbranched alkanes of at least 4 members (excludes halogenated alkanes) is 4. The molecular weight excluding hydrogens is 457 g/mol. The third-order valence-corrected chi connectivity index (χ3v) is 6.63. The van der Waals surface area contributed by atoms with Crippen molar-refractivity contribution in [1.82, 2.24) is 24.1 Å². The van der Waals surface area contributed by atoms with Gasteiger partial charge in [0.25, 0.3) is 5.56 Å². The Balaban J connectivity index is 1.74. The highest BCUT2D eigenvalue weighted by atomic mass is 35.5. The normalized spacial score (nSPS) is 11.7. The SMILES string of the molecule is CCCCCCCn1cnc2c(c1=O)c1nc3ccccc3nc1n2-c1ccc(Cl)c(Cl)c1. The van der Waals surface area contributed by atoms with Crippen LogP contribution in [0.15, 0.2) is 53.6 Å². The van der Waals surface area contributed by atoms with E-state index in [4.69, 9.17) is 33.2 Å². The van der Waals surface area contributed by atoms with Crippen LogP contribution in [0.1, 0.15) is 39.0 Å². The summed E-state index contributed by atoms with van der Waals surface area (Å²) >= 11 is 12.5. The Morgan fingerprint density at radius 3 is 2.39 bits per heavy atom. The summed E-state index contributed by atoms with van der Waals surface area (Å²) in [7, 11) is 0. The molecule has 0 N–H and O–H groups in total. The van der Waals surface area contributed by atoms with Crippen LogP contribution < -0.4 is 5.56 Å². The molecule has 0 amide bonds. The maximum absolute atomic E-state index is 13.6. The van der Waals surface area contributed by atoms with E-state index in [0.717, 1.165) is 29.6 Å². The van der Waals surface area contributed by atoms with Crippen LogP contribution in [0.25, 0.3) is 38.9 Å². The van der Waals surface area contributed by atoms with Gasteiger partial charge in [0.2, 0.25) is 0 Å². The van der Waals surface area contributed by atoms with Gasteiger partial charge in [-0.15, -0.1) is 0 Å². The molecule has 0 aliphatic heterocycles. The first kappa shape index (κ1) is 21.9. The molecule has 0 aliphatic carbocycles. The van der Waals surface area contributed by atoms with Gasteiger partial charge in [0.15, 0.2) is 11.3 Å². The third-order valence-electron chi connectivity index (χ3n) is 5.89. The number of aryl methyl sites for hydroxylation is 1. The molecule has 0 radical (unpaired) electrons. The van der Waals surface area contributed by atoms with Crippen LogP contribution in [0.2, 0.25) is 10.0 Å². The standard InChI is InChI=1S/C25H23Cl2N5O/c1-2-3-4-5-8-13-31-15-28-23-21(25(31)33)22-24(30-20-10-7-6-9-19(20)29-22)32(23)16-11-12-17(26)18(27)14-16/h6-7,9-12,14-15H,2-5,8,13H2,1H3. The summed E-state index contributed by atoms with van der Waals surface area (Å²) < 4.78 is 3.52. The Morgan fingerprint density at radius 2 is 1.64 bits per heavy atom. The van der Waals surface area contributed by atoms with E-state index < -0.39 is 0 Å². The molecule has 0 saturated carbocycles. The molecule has 0 fully saturated rings. The van der Waals surface area contributed by atoms with Crippen LogP contribution in [-0.4, -0.2) is 24.1 Å². The van der Waals surface area contributed by atoms with Gasteiger partial charge in [-0.25, -0.2) is 15.0 Å². The van der Waals surface area contributed by atoms with Gasteiger partial charge in [-0.3, -0.25) is 13.9 Å². The zero-order chi connectivity index (χ0) is 22.9. The van der Waals surface area contributed by atoms with Crippen molar-refractivity contribution in [2.45, 2.75) is 45.6 Å². The largest absolute Gasteiger partial charge is 0.299 e. The molecule has 0 spiro atoms. The molecule has 3 heterocycles. The lowest BCUT2D eigenvalue weighted by molar-refractivity contribution is 0.556. The van der Waals surface area contributed by atoms with Crippen molar-refractivity contribution < 1.29 is 0 Å². The minimum Gasteiger partial charge on any atom is -0.299 e. The van der Waals surface area contributed by atoms with Gasteiger partial charge in [0, 0.05) is 6.54 Å². The summed E-state index contributed by atoms with van der Waals surface area (Å²) in [5.41, 5.74) is 3.69. The highest BCUT2D eigenvalue weighted by Crippen LogP contribution is 2.31. The van der Waals surface area contributed by atoms with Crippen molar-refractivity contribution >= 4 is 56.4 Å². The minimum absolute atomic E-state index is 0.108. The molecule has 6 nitrogen and oxygen atoms in total. The number of hydrogen-bond donors (Lipinski definition) is 0. The number of aromatic nitrogens is 5. The van der Waals surface area contributed by atoms with E-state index in [1.54, 1.807) is 23.0 Å². The second-order valence-corrected chi connectivity index (χ2v) is 8.99. The maximum atomic E-state index is 13.6. The minimum atomic E-state index is -0.108. The molecule has 0 bridgehead atoms. The molecule has 3 aromatic heterocycles. The molecule has 168 valence electrons. The molecule has 2 aromatic carbocycles. The van der Waals surface area contributed by atoms with Crippen molar-refractivity contribution in [2.24, 2.45) is 0 Å². The molecule has 8 heteroatoms. The second-order valence-electron chi connectivity index (χ2n) is 8.17. The number of rotatable bonds is 7. The van der Waals surface area contributed by atoms with E-state index in [2.05, 4.69) is 11.9 Å². The van der Waals surface area contributed by atoms with Gasteiger partial charge < -0.3 is 0 Å². The van der Waals surface area contributed by atoms with E-state index >= 15 is 0 Å². The van der Waals surface area contributed by atoms with E-state index in [9.17, 15) is 4.79 Å². The quantitative estimate of drug-likeness (QED) is 0.248.